The van der Waals surface area contributed by atoms with Gasteiger partial charge in [0.25, 0.3) is 0 Å². The number of para-hydroxylation sites is 1. The number of hydrogen-bond donors (Lipinski definition) is 0. The first-order valence-corrected chi connectivity index (χ1v) is 9.51. The van der Waals surface area contributed by atoms with Crippen LogP contribution in [0.4, 0.5) is 0 Å². The first-order chi connectivity index (χ1) is 13.6. The molecule has 138 valence electrons. The van der Waals surface area contributed by atoms with Gasteiger partial charge in [-0.15, -0.1) is 0 Å². The van der Waals surface area contributed by atoms with Crippen LogP contribution < -0.4 is 5.43 Å². The highest BCUT2D eigenvalue weighted by Crippen LogP contribution is 2.32. The summed E-state index contributed by atoms with van der Waals surface area (Å²) in [4.78, 5) is 13.0. The number of nitrogens with zero attached hydrogens (tertiary/aromatic N) is 1. The maximum Gasteiger partial charge on any atom is 0.185 e. The van der Waals surface area contributed by atoms with Crippen LogP contribution in [0.25, 0.3) is 28.2 Å². The lowest BCUT2D eigenvalue weighted by Crippen LogP contribution is -2.16. The van der Waals surface area contributed by atoms with Crippen molar-refractivity contribution in [1.82, 2.24) is 4.57 Å². The Kier molecular flexibility index (Phi) is 4.70. The van der Waals surface area contributed by atoms with Crippen molar-refractivity contribution in [2.45, 2.75) is 20.8 Å². The molecule has 0 saturated carbocycles. The van der Waals surface area contributed by atoms with E-state index in [4.69, 9.17) is 0 Å². The summed E-state index contributed by atoms with van der Waals surface area (Å²) in [5.74, 6) is 0. The van der Waals surface area contributed by atoms with Gasteiger partial charge in [-0.25, -0.2) is 0 Å². The van der Waals surface area contributed by atoms with Crippen LogP contribution in [-0.4, -0.2) is 4.57 Å². The molecule has 4 aromatic rings. The van der Waals surface area contributed by atoms with Crippen LogP contribution in [0.1, 0.15) is 16.7 Å². The van der Waals surface area contributed by atoms with Gasteiger partial charge >= 0.3 is 0 Å². The second-order valence-electron chi connectivity index (χ2n) is 7.22. The fraction of sp³-hybridized carbons (Fsp3) is 0.115. The Morgan fingerprint density at radius 1 is 0.714 bits per heavy atom. The number of aromatic nitrogens is 1. The Balaban J connectivity index is 2.15. The first-order valence-electron chi connectivity index (χ1n) is 9.51. The number of aryl methyl sites for hydroxylation is 2. The number of hydrogen-bond acceptors (Lipinski definition) is 1. The highest BCUT2D eigenvalue weighted by Gasteiger charge is 2.18. The third-order valence-electron chi connectivity index (χ3n) is 5.18. The van der Waals surface area contributed by atoms with Gasteiger partial charge < -0.3 is 4.57 Å². The minimum atomic E-state index is 0.0565. The lowest BCUT2D eigenvalue weighted by molar-refractivity contribution is 1.03. The van der Waals surface area contributed by atoms with E-state index in [9.17, 15) is 4.79 Å². The van der Waals surface area contributed by atoms with Crippen molar-refractivity contribution in [2.75, 3.05) is 0 Å². The Morgan fingerprint density at radius 3 is 2.00 bits per heavy atom. The SMILES string of the molecule is Cc1ccc(-c2cc(=O)c(C)c(-c3ccccc3)n2-c2ccccc2)c(C)c1. The average Bonchev–Trinajstić information content (AvgIpc) is 2.71. The predicted molar refractivity (Wildman–Crippen MR) is 117 cm³/mol. The van der Waals surface area contributed by atoms with E-state index in [1.165, 1.54) is 5.56 Å². The van der Waals surface area contributed by atoms with E-state index in [1.807, 2.05) is 43.3 Å². The highest BCUT2D eigenvalue weighted by molar-refractivity contribution is 5.75. The quantitative estimate of drug-likeness (QED) is 0.430. The fourth-order valence-electron chi connectivity index (χ4n) is 3.79. The molecule has 0 N–H and O–H groups in total. The molecule has 1 heterocycles. The molecule has 0 spiro atoms. The van der Waals surface area contributed by atoms with Gasteiger partial charge in [0, 0.05) is 22.9 Å². The molecule has 2 nitrogen and oxygen atoms in total. The lowest BCUT2D eigenvalue weighted by atomic mass is 9.98. The third kappa shape index (κ3) is 3.18. The molecule has 0 aliphatic carbocycles. The summed E-state index contributed by atoms with van der Waals surface area (Å²) in [5, 5.41) is 0. The zero-order chi connectivity index (χ0) is 19.7. The molecular formula is C26H23NO. The molecule has 1 aromatic heterocycles. The molecule has 0 bridgehead atoms. The van der Waals surface area contributed by atoms with Crippen LogP contribution in [0.2, 0.25) is 0 Å². The van der Waals surface area contributed by atoms with E-state index in [1.54, 1.807) is 6.07 Å². The zero-order valence-corrected chi connectivity index (χ0v) is 16.4. The van der Waals surface area contributed by atoms with E-state index < -0.39 is 0 Å². The van der Waals surface area contributed by atoms with Gasteiger partial charge in [0.05, 0.1) is 11.4 Å². The summed E-state index contributed by atoms with van der Waals surface area (Å²) in [6, 6.07) is 28.5. The molecule has 0 amide bonds. The van der Waals surface area contributed by atoms with Crippen LogP contribution in [0.3, 0.4) is 0 Å². The standard InChI is InChI=1S/C26H23NO/c1-18-14-15-23(19(2)16-18)24-17-25(28)20(3)26(21-10-6-4-7-11-21)27(24)22-12-8-5-9-13-22/h4-17H,1-3H3. The van der Waals surface area contributed by atoms with Gasteiger partial charge in [0.15, 0.2) is 5.43 Å². The molecule has 0 saturated heterocycles. The van der Waals surface area contributed by atoms with Crippen LogP contribution in [0.15, 0.2) is 89.7 Å². The van der Waals surface area contributed by atoms with Crippen LogP contribution >= 0.6 is 0 Å². The van der Waals surface area contributed by atoms with Gasteiger partial charge in [0.2, 0.25) is 0 Å². The van der Waals surface area contributed by atoms with Gasteiger partial charge in [-0.1, -0.05) is 72.3 Å². The number of benzene rings is 3. The van der Waals surface area contributed by atoms with Crippen LogP contribution in [0.5, 0.6) is 0 Å². The number of pyridine rings is 1. The third-order valence-corrected chi connectivity index (χ3v) is 5.18. The largest absolute Gasteiger partial charge is 0.309 e. The maximum atomic E-state index is 13.0. The second-order valence-corrected chi connectivity index (χ2v) is 7.22. The van der Waals surface area contributed by atoms with Crippen molar-refractivity contribution in [1.29, 1.82) is 0 Å². The molecule has 0 aliphatic heterocycles. The minimum Gasteiger partial charge on any atom is -0.309 e. The molecule has 3 aromatic carbocycles. The Hall–Kier alpha value is -3.39. The summed E-state index contributed by atoms with van der Waals surface area (Å²) in [6.45, 7) is 6.10. The summed E-state index contributed by atoms with van der Waals surface area (Å²) in [6.07, 6.45) is 0. The molecule has 0 atom stereocenters. The van der Waals surface area contributed by atoms with Crippen LogP contribution in [-0.2, 0) is 0 Å². The monoisotopic (exact) mass is 365 g/mol. The zero-order valence-electron chi connectivity index (χ0n) is 16.4. The lowest BCUT2D eigenvalue weighted by Gasteiger charge is -2.22. The van der Waals surface area contributed by atoms with E-state index in [0.717, 1.165) is 39.3 Å². The molecular weight excluding hydrogens is 342 g/mol. The summed E-state index contributed by atoms with van der Waals surface area (Å²) >= 11 is 0. The van der Waals surface area contributed by atoms with Crippen molar-refractivity contribution in [3.8, 4) is 28.2 Å². The highest BCUT2D eigenvalue weighted by atomic mass is 16.1. The van der Waals surface area contributed by atoms with Crippen molar-refractivity contribution in [3.63, 3.8) is 0 Å². The average molecular weight is 365 g/mol. The molecule has 4 rings (SSSR count). The first kappa shape index (κ1) is 18.0. The van der Waals surface area contributed by atoms with E-state index >= 15 is 0 Å². The second kappa shape index (κ2) is 7.32. The molecule has 0 fully saturated rings. The van der Waals surface area contributed by atoms with Crippen LogP contribution in [0, 0.1) is 20.8 Å². The van der Waals surface area contributed by atoms with Crippen molar-refractivity contribution in [3.05, 3.63) is 112 Å². The molecule has 28 heavy (non-hydrogen) atoms. The smallest absolute Gasteiger partial charge is 0.185 e. The van der Waals surface area contributed by atoms with Gasteiger partial charge in [-0.2, -0.15) is 0 Å². The van der Waals surface area contributed by atoms with Crippen molar-refractivity contribution in [2.24, 2.45) is 0 Å². The Bertz CT molecular complexity index is 1190. The van der Waals surface area contributed by atoms with E-state index in [-0.39, 0.29) is 5.43 Å². The van der Waals surface area contributed by atoms with Crippen molar-refractivity contribution >= 4 is 0 Å². The topological polar surface area (TPSA) is 22.0 Å². The Morgan fingerprint density at radius 2 is 1.36 bits per heavy atom. The molecule has 0 unspecified atom stereocenters. The Labute approximate surface area is 165 Å². The number of rotatable bonds is 3. The van der Waals surface area contributed by atoms with Gasteiger partial charge in [0.1, 0.15) is 0 Å². The normalized spacial score (nSPS) is 10.8. The predicted octanol–water partition coefficient (Wildman–Crippen LogP) is 6.10. The van der Waals surface area contributed by atoms with Gasteiger partial charge in [-0.3, -0.25) is 4.79 Å². The minimum absolute atomic E-state index is 0.0565. The summed E-state index contributed by atoms with van der Waals surface area (Å²) in [7, 11) is 0. The molecule has 2 heteroatoms. The van der Waals surface area contributed by atoms with E-state index in [0.29, 0.717) is 0 Å². The maximum absolute atomic E-state index is 13.0. The van der Waals surface area contributed by atoms with E-state index in [2.05, 4.69) is 60.9 Å². The summed E-state index contributed by atoms with van der Waals surface area (Å²) in [5.41, 5.74) is 8.19. The molecule has 0 radical (unpaired) electrons. The van der Waals surface area contributed by atoms with Gasteiger partial charge in [-0.05, 0) is 44.0 Å². The summed E-state index contributed by atoms with van der Waals surface area (Å²) < 4.78 is 2.21. The fourth-order valence-corrected chi connectivity index (χ4v) is 3.79. The van der Waals surface area contributed by atoms with Crippen molar-refractivity contribution < 1.29 is 0 Å². The molecule has 0 aliphatic rings.